The molecule has 4 rings (SSSR count). The van der Waals surface area contributed by atoms with Gasteiger partial charge in [0.2, 0.25) is 0 Å². The third-order valence-corrected chi connectivity index (χ3v) is 6.50. The zero-order chi connectivity index (χ0) is 24.8. The Morgan fingerprint density at radius 2 is 1.60 bits per heavy atom. The van der Waals surface area contributed by atoms with E-state index in [1.54, 1.807) is 29.2 Å². The summed E-state index contributed by atoms with van der Waals surface area (Å²) in [5.41, 5.74) is 4.53. The summed E-state index contributed by atoms with van der Waals surface area (Å²) in [6.07, 6.45) is 3.57. The summed E-state index contributed by atoms with van der Waals surface area (Å²) < 4.78 is 5.42. The smallest absolute Gasteiger partial charge is 0.341 e. The van der Waals surface area contributed by atoms with E-state index in [0.717, 1.165) is 24.2 Å². The number of anilines is 1. The molecule has 0 atom stereocenters. The van der Waals surface area contributed by atoms with E-state index in [2.05, 4.69) is 13.8 Å². The van der Waals surface area contributed by atoms with Crippen LogP contribution >= 0.6 is 11.8 Å². The first-order valence-electron chi connectivity index (χ1n) is 11.4. The van der Waals surface area contributed by atoms with Gasteiger partial charge in [-0.1, -0.05) is 56.3 Å². The van der Waals surface area contributed by atoms with Crippen LogP contribution in [0, 0.1) is 0 Å². The Morgan fingerprint density at radius 3 is 2.23 bits per heavy atom. The molecule has 3 aromatic carbocycles. The summed E-state index contributed by atoms with van der Waals surface area (Å²) in [7, 11) is 0. The summed E-state index contributed by atoms with van der Waals surface area (Å²) in [5.74, 6) is -0.865. The Morgan fingerprint density at radius 1 is 0.971 bits per heavy atom. The largest absolute Gasteiger partial charge is 0.481 e. The van der Waals surface area contributed by atoms with Crippen molar-refractivity contribution in [2.75, 3.05) is 11.5 Å². The minimum absolute atomic E-state index is 0.198. The molecule has 1 amide bonds. The van der Waals surface area contributed by atoms with Crippen LogP contribution in [-0.4, -0.2) is 28.8 Å². The number of hydrogen-bond donors (Lipinski definition) is 1. The van der Waals surface area contributed by atoms with Gasteiger partial charge in [-0.15, -0.1) is 0 Å². The van der Waals surface area contributed by atoms with Crippen LogP contribution in [0.2, 0.25) is 0 Å². The van der Waals surface area contributed by atoms with Crippen molar-refractivity contribution in [3.63, 3.8) is 0 Å². The molecule has 1 fully saturated rings. The number of benzene rings is 3. The zero-order valence-corrected chi connectivity index (χ0v) is 20.4. The van der Waals surface area contributed by atoms with Gasteiger partial charge in [0.1, 0.15) is 5.75 Å². The normalized spacial score (nSPS) is 15.7. The lowest BCUT2D eigenvalue weighted by Gasteiger charge is -2.16. The molecule has 1 N–H and O–H groups in total. The van der Waals surface area contributed by atoms with Crippen LogP contribution in [0.1, 0.15) is 30.5 Å². The average molecular weight is 487 g/mol. The maximum absolute atomic E-state index is 13.6. The standard InChI is InChI=1S/C28H26N2O4S/c1-3-19-9-13-22(14-10-19)29-28-30(23-15-11-20(4-2)12-16-23)27(33)25(35-28)17-21-7-5-6-8-24(21)34-18-26(31)32/h5-17H,3-4,18H2,1-2H3,(H,31,32)/b25-17-,29-28?. The van der Waals surface area contributed by atoms with Gasteiger partial charge >= 0.3 is 5.97 Å². The van der Waals surface area contributed by atoms with Crippen LogP contribution in [0.3, 0.4) is 0 Å². The van der Waals surface area contributed by atoms with Gasteiger partial charge in [0.25, 0.3) is 5.91 Å². The lowest BCUT2D eigenvalue weighted by molar-refractivity contribution is -0.139. The van der Waals surface area contributed by atoms with Crippen LogP contribution < -0.4 is 9.64 Å². The number of nitrogens with zero attached hydrogens (tertiary/aromatic N) is 2. The first-order chi connectivity index (χ1) is 17.0. The number of carbonyl (C=O) groups excluding carboxylic acids is 1. The van der Waals surface area contributed by atoms with E-state index in [-0.39, 0.29) is 5.91 Å². The molecule has 1 aliphatic heterocycles. The summed E-state index contributed by atoms with van der Waals surface area (Å²) in [4.78, 5) is 31.4. The Balaban J connectivity index is 1.73. The molecule has 0 unspecified atom stereocenters. The average Bonchev–Trinajstić information content (AvgIpc) is 3.18. The van der Waals surface area contributed by atoms with E-state index in [1.165, 1.54) is 22.9 Å². The predicted octanol–water partition coefficient (Wildman–Crippen LogP) is 6.08. The molecular weight excluding hydrogens is 460 g/mol. The van der Waals surface area contributed by atoms with Gasteiger partial charge in [0, 0.05) is 5.56 Å². The third kappa shape index (κ3) is 5.81. The molecule has 1 heterocycles. The van der Waals surface area contributed by atoms with Crippen molar-refractivity contribution >= 4 is 46.3 Å². The van der Waals surface area contributed by atoms with Crippen LogP contribution in [0.25, 0.3) is 6.08 Å². The fourth-order valence-electron chi connectivity index (χ4n) is 3.59. The summed E-state index contributed by atoms with van der Waals surface area (Å²) in [5, 5.41) is 9.53. The molecule has 0 bridgehead atoms. The van der Waals surface area contributed by atoms with Crippen LogP contribution in [-0.2, 0) is 22.4 Å². The maximum Gasteiger partial charge on any atom is 0.341 e. The SMILES string of the molecule is CCc1ccc(N=C2S/C(=C\c3ccccc3OCC(=O)O)C(=O)N2c2ccc(CC)cc2)cc1. The van der Waals surface area contributed by atoms with E-state index in [0.29, 0.717) is 21.4 Å². The highest BCUT2D eigenvalue weighted by Crippen LogP contribution is 2.38. The number of thioether (sulfide) groups is 1. The second-order valence-corrected chi connectivity index (χ2v) is 8.91. The number of aliphatic carboxylic acids is 1. The highest BCUT2D eigenvalue weighted by Gasteiger charge is 2.35. The minimum Gasteiger partial charge on any atom is -0.481 e. The molecule has 0 aliphatic carbocycles. The highest BCUT2D eigenvalue weighted by atomic mass is 32.2. The van der Waals surface area contributed by atoms with Crippen molar-refractivity contribution in [2.45, 2.75) is 26.7 Å². The fourth-order valence-corrected chi connectivity index (χ4v) is 4.58. The van der Waals surface area contributed by atoms with Gasteiger partial charge in [-0.2, -0.15) is 0 Å². The summed E-state index contributed by atoms with van der Waals surface area (Å²) >= 11 is 1.28. The van der Waals surface area contributed by atoms with Gasteiger partial charge in [-0.05, 0) is 72.1 Å². The van der Waals surface area contributed by atoms with Crippen molar-refractivity contribution in [2.24, 2.45) is 4.99 Å². The molecule has 1 aliphatic rings. The minimum atomic E-state index is -1.07. The van der Waals surface area contributed by atoms with Crippen molar-refractivity contribution < 1.29 is 19.4 Å². The lowest BCUT2D eigenvalue weighted by atomic mass is 10.1. The van der Waals surface area contributed by atoms with Crippen molar-refractivity contribution in [3.05, 3.63) is 94.4 Å². The second-order valence-electron chi connectivity index (χ2n) is 7.91. The molecule has 0 aromatic heterocycles. The van der Waals surface area contributed by atoms with Crippen molar-refractivity contribution in [1.29, 1.82) is 0 Å². The summed E-state index contributed by atoms with van der Waals surface area (Å²) in [6, 6.07) is 22.9. The molecule has 3 aromatic rings. The Hall–Kier alpha value is -3.84. The van der Waals surface area contributed by atoms with Crippen LogP contribution in [0.15, 0.2) is 82.7 Å². The number of carboxylic acid groups (broad SMARTS) is 1. The van der Waals surface area contributed by atoms with Gasteiger partial charge in [0.05, 0.1) is 16.3 Å². The topological polar surface area (TPSA) is 79.2 Å². The molecule has 35 heavy (non-hydrogen) atoms. The Bertz CT molecular complexity index is 1280. The number of amides is 1. The number of aliphatic imine (C=N–C) groups is 1. The van der Waals surface area contributed by atoms with Gasteiger partial charge < -0.3 is 9.84 Å². The number of ether oxygens (including phenoxy) is 1. The predicted molar refractivity (Wildman–Crippen MR) is 141 cm³/mol. The monoisotopic (exact) mass is 486 g/mol. The summed E-state index contributed by atoms with van der Waals surface area (Å²) in [6.45, 7) is 3.73. The molecule has 6 nitrogen and oxygen atoms in total. The first kappa shape index (κ1) is 24.3. The Labute approximate surface area is 209 Å². The third-order valence-electron chi connectivity index (χ3n) is 5.54. The van der Waals surface area contributed by atoms with Gasteiger partial charge in [-0.3, -0.25) is 9.69 Å². The lowest BCUT2D eigenvalue weighted by Crippen LogP contribution is -2.28. The first-order valence-corrected chi connectivity index (χ1v) is 12.2. The van der Waals surface area contributed by atoms with Crippen LogP contribution in [0.4, 0.5) is 11.4 Å². The second kappa shape index (κ2) is 11.1. The number of aryl methyl sites for hydroxylation is 2. The van der Waals surface area contributed by atoms with Crippen molar-refractivity contribution in [3.8, 4) is 5.75 Å². The fraction of sp³-hybridized carbons (Fsp3) is 0.179. The zero-order valence-electron chi connectivity index (χ0n) is 19.6. The quantitative estimate of drug-likeness (QED) is 0.390. The number of carboxylic acids is 1. The van der Waals surface area contributed by atoms with E-state index in [9.17, 15) is 9.59 Å². The van der Waals surface area contributed by atoms with Gasteiger partial charge in [-0.25, -0.2) is 9.79 Å². The number of amidine groups is 1. The van der Waals surface area contributed by atoms with Crippen LogP contribution in [0.5, 0.6) is 5.75 Å². The number of hydrogen-bond acceptors (Lipinski definition) is 5. The molecular formula is C28H26N2O4S. The molecule has 1 saturated heterocycles. The highest BCUT2D eigenvalue weighted by molar-refractivity contribution is 8.19. The molecule has 178 valence electrons. The van der Waals surface area contributed by atoms with Gasteiger partial charge in [0.15, 0.2) is 11.8 Å². The number of carbonyl (C=O) groups is 2. The molecule has 7 heteroatoms. The van der Waals surface area contributed by atoms with Crippen molar-refractivity contribution in [1.82, 2.24) is 0 Å². The molecule has 0 saturated carbocycles. The van der Waals surface area contributed by atoms with E-state index in [4.69, 9.17) is 14.8 Å². The maximum atomic E-state index is 13.6. The van der Waals surface area contributed by atoms with E-state index in [1.807, 2.05) is 54.6 Å². The molecule has 0 radical (unpaired) electrons. The van der Waals surface area contributed by atoms with E-state index < -0.39 is 12.6 Å². The number of rotatable bonds is 8. The molecule has 0 spiro atoms. The Kier molecular flexibility index (Phi) is 7.67. The van der Waals surface area contributed by atoms with E-state index >= 15 is 0 Å². The number of para-hydroxylation sites is 1.